The van der Waals surface area contributed by atoms with Gasteiger partial charge in [0.1, 0.15) is 5.82 Å². The summed E-state index contributed by atoms with van der Waals surface area (Å²) in [6, 6.07) is 3.44. The van der Waals surface area contributed by atoms with E-state index >= 15 is 0 Å². The second-order valence-electron chi connectivity index (χ2n) is 4.26. The predicted molar refractivity (Wildman–Crippen MR) is 64.8 cm³/mol. The number of ether oxygens (including phenoxy) is 1. The number of rotatable bonds is 4. The monoisotopic (exact) mass is 235 g/mol. The van der Waals surface area contributed by atoms with Crippen LogP contribution >= 0.6 is 0 Å². The molecule has 92 valence electrons. The molecule has 3 N–H and O–H groups in total. The zero-order chi connectivity index (χ0) is 12.1. The van der Waals surface area contributed by atoms with Crippen LogP contribution in [-0.4, -0.2) is 30.6 Å². The first kappa shape index (κ1) is 11.9. The van der Waals surface area contributed by atoms with Crippen molar-refractivity contribution < 1.29 is 9.53 Å². The molecule has 0 aliphatic carbocycles. The molecule has 1 aromatic rings. The number of hydrogen-bond acceptors (Lipinski definition) is 4. The molecule has 1 aliphatic heterocycles. The molecule has 0 radical (unpaired) electrons. The van der Waals surface area contributed by atoms with Gasteiger partial charge in [0.25, 0.3) is 0 Å². The molecule has 5 nitrogen and oxygen atoms in total. The van der Waals surface area contributed by atoms with Crippen molar-refractivity contribution in [3.63, 3.8) is 0 Å². The number of aromatic nitrogens is 1. The molecule has 1 atom stereocenters. The maximum Gasteiger partial charge on any atom is 0.250 e. The lowest BCUT2D eigenvalue weighted by Crippen LogP contribution is -2.24. The summed E-state index contributed by atoms with van der Waals surface area (Å²) in [5.74, 6) is 0.853. The van der Waals surface area contributed by atoms with Crippen molar-refractivity contribution in [1.29, 1.82) is 0 Å². The van der Waals surface area contributed by atoms with Crippen LogP contribution in [0.15, 0.2) is 18.3 Å². The van der Waals surface area contributed by atoms with E-state index in [1.165, 1.54) is 12.6 Å². The molecule has 0 aromatic carbocycles. The number of nitrogens with two attached hydrogens (primary N) is 1. The Labute approximate surface area is 100 Å². The van der Waals surface area contributed by atoms with E-state index in [1.807, 2.05) is 0 Å². The number of nitrogens with zero attached hydrogens (tertiary/aromatic N) is 1. The lowest BCUT2D eigenvalue weighted by molar-refractivity contribution is 0.0595. The van der Waals surface area contributed by atoms with Gasteiger partial charge in [-0.1, -0.05) is 0 Å². The van der Waals surface area contributed by atoms with E-state index in [2.05, 4.69) is 10.3 Å². The van der Waals surface area contributed by atoms with Gasteiger partial charge < -0.3 is 15.8 Å². The molecule has 2 heterocycles. The third-order valence-electron chi connectivity index (χ3n) is 2.87. The molecule has 1 saturated heterocycles. The minimum atomic E-state index is -0.454. The summed E-state index contributed by atoms with van der Waals surface area (Å²) in [5, 5.41) is 3.24. The third kappa shape index (κ3) is 3.42. The number of carbonyl (C=O) groups is 1. The third-order valence-corrected chi connectivity index (χ3v) is 2.87. The fourth-order valence-electron chi connectivity index (χ4n) is 1.86. The van der Waals surface area contributed by atoms with Crippen LogP contribution in [0.4, 0.5) is 5.82 Å². The SMILES string of the molecule is NC(=O)c1ccc(NCC2CCCOC2)nc1. The number of nitrogens with one attached hydrogen (secondary N) is 1. The Bertz CT molecular complexity index is 372. The first-order valence-electron chi connectivity index (χ1n) is 5.83. The molecule has 17 heavy (non-hydrogen) atoms. The summed E-state index contributed by atoms with van der Waals surface area (Å²) in [5.41, 5.74) is 5.57. The lowest BCUT2D eigenvalue weighted by atomic mass is 10.0. The van der Waals surface area contributed by atoms with Crippen LogP contribution in [0.5, 0.6) is 0 Å². The number of pyridine rings is 1. The molecule has 0 bridgehead atoms. The maximum absolute atomic E-state index is 10.9. The largest absolute Gasteiger partial charge is 0.381 e. The Morgan fingerprint density at radius 1 is 1.59 bits per heavy atom. The fraction of sp³-hybridized carbons (Fsp3) is 0.500. The normalized spacial score (nSPS) is 19.9. The van der Waals surface area contributed by atoms with E-state index in [0.717, 1.165) is 32.0 Å². The summed E-state index contributed by atoms with van der Waals surface area (Å²) in [6.45, 7) is 2.54. The number of primary amides is 1. The lowest BCUT2D eigenvalue weighted by Gasteiger charge is -2.22. The summed E-state index contributed by atoms with van der Waals surface area (Å²) in [6.07, 6.45) is 3.80. The Morgan fingerprint density at radius 2 is 2.47 bits per heavy atom. The van der Waals surface area contributed by atoms with Gasteiger partial charge in [0.05, 0.1) is 12.2 Å². The van der Waals surface area contributed by atoms with Crippen LogP contribution in [0.2, 0.25) is 0 Å². The average molecular weight is 235 g/mol. The van der Waals surface area contributed by atoms with E-state index in [4.69, 9.17) is 10.5 Å². The van der Waals surface area contributed by atoms with Crippen molar-refractivity contribution in [3.05, 3.63) is 23.9 Å². The predicted octanol–water partition coefficient (Wildman–Crippen LogP) is 1.02. The first-order chi connectivity index (χ1) is 8.25. The van der Waals surface area contributed by atoms with Gasteiger partial charge in [-0.05, 0) is 30.9 Å². The van der Waals surface area contributed by atoms with Crippen molar-refractivity contribution in [2.24, 2.45) is 11.7 Å². The minimum Gasteiger partial charge on any atom is -0.381 e. The molecule has 1 unspecified atom stereocenters. The zero-order valence-electron chi connectivity index (χ0n) is 9.69. The van der Waals surface area contributed by atoms with E-state index in [0.29, 0.717) is 11.5 Å². The van der Waals surface area contributed by atoms with E-state index in [1.54, 1.807) is 12.1 Å². The van der Waals surface area contributed by atoms with Gasteiger partial charge >= 0.3 is 0 Å². The van der Waals surface area contributed by atoms with Crippen LogP contribution < -0.4 is 11.1 Å². The molecular weight excluding hydrogens is 218 g/mol. The van der Waals surface area contributed by atoms with Crippen LogP contribution in [0.25, 0.3) is 0 Å². The van der Waals surface area contributed by atoms with Crippen molar-refractivity contribution in [2.75, 3.05) is 25.1 Å². The van der Waals surface area contributed by atoms with Gasteiger partial charge in [0.2, 0.25) is 5.91 Å². The van der Waals surface area contributed by atoms with Crippen LogP contribution in [-0.2, 0) is 4.74 Å². The van der Waals surface area contributed by atoms with Crippen LogP contribution in [0.1, 0.15) is 23.2 Å². The number of amides is 1. The standard InChI is InChI=1S/C12H17N3O2/c13-12(16)10-3-4-11(15-7-10)14-6-9-2-1-5-17-8-9/h3-4,7,9H,1-2,5-6,8H2,(H2,13,16)(H,14,15). The summed E-state index contributed by atoms with van der Waals surface area (Å²) >= 11 is 0. The minimum absolute atomic E-state index is 0.427. The highest BCUT2D eigenvalue weighted by molar-refractivity contribution is 5.92. The first-order valence-corrected chi connectivity index (χ1v) is 5.83. The quantitative estimate of drug-likeness (QED) is 0.816. The Kier molecular flexibility index (Phi) is 3.93. The van der Waals surface area contributed by atoms with Crippen molar-refractivity contribution in [3.8, 4) is 0 Å². The van der Waals surface area contributed by atoms with Gasteiger partial charge in [0.15, 0.2) is 0 Å². The Hall–Kier alpha value is -1.62. The number of carbonyl (C=O) groups excluding carboxylic acids is 1. The molecule has 1 amide bonds. The molecule has 0 saturated carbocycles. The highest BCUT2D eigenvalue weighted by atomic mass is 16.5. The molecule has 1 aliphatic rings. The molecule has 1 fully saturated rings. The molecule has 1 aromatic heterocycles. The maximum atomic E-state index is 10.9. The summed E-state index contributed by atoms with van der Waals surface area (Å²) in [4.78, 5) is 15.0. The molecular formula is C12H17N3O2. The van der Waals surface area contributed by atoms with Gasteiger partial charge in [-0.25, -0.2) is 4.98 Å². The van der Waals surface area contributed by atoms with Crippen LogP contribution in [0, 0.1) is 5.92 Å². The number of hydrogen-bond donors (Lipinski definition) is 2. The summed E-state index contributed by atoms with van der Waals surface area (Å²) in [7, 11) is 0. The van der Waals surface area contributed by atoms with Crippen molar-refractivity contribution in [2.45, 2.75) is 12.8 Å². The molecule has 5 heteroatoms. The second-order valence-corrected chi connectivity index (χ2v) is 4.26. The van der Waals surface area contributed by atoms with Crippen LogP contribution in [0.3, 0.4) is 0 Å². The zero-order valence-corrected chi connectivity index (χ0v) is 9.69. The van der Waals surface area contributed by atoms with Crippen molar-refractivity contribution >= 4 is 11.7 Å². The van der Waals surface area contributed by atoms with Crippen molar-refractivity contribution in [1.82, 2.24) is 4.98 Å². The highest BCUT2D eigenvalue weighted by Crippen LogP contribution is 2.14. The summed E-state index contributed by atoms with van der Waals surface area (Å²) < 4.78 is 5.40. The van der Waals surface area contributed by atoms with E-state index in [9.17, 15) is 4.79 Å². The highest BCUT2D eigenvalue weighted by Gasteiger charge is 2.13. The second kappa shape index (κ2) is 5.63. The molecule has 2 rings (SSSR count). The smallest absolute Gasteiger partial charge is 0.250 e. The average Bonchev–Trinajstić information content (AvgIpc) is 2.38. The van der Waals surface area contributed by atoms with Gasteiger partial charge in [-0.2, -0.15) is 0 Å². The van der Waals surface area contributed by atoms with Gasteiger partial charge in [0, 0.05) is 19.3 Å². The Morgan fingerprint density at radius 3 is 3.06 bits per heavy atom. The van der Waals surface area contributed by atoms with E-state index < -0.39 is 5.91 Å². The Balaban J connectivity index is 1.84. The number of anilines is 1. The topological polar surface area (TPSA) is 77.2 Å². The fourth-order valence-corrected chi connectivity index (χ4v) is 1.86. The van der Waals surface area contributed by atoms with Gasteiger partial charge in [-0.3, -0.25) is 4.79 Å². The van der Waals surface area contributed by atoms with E-state index in [-0.39, 0.29) is 0 Å². The van der Waals surface area contributed by atoms with Gasteiger partial charge in [-0.15, -0.1) is 0 Å². The molecule has 0 spiro atoms.